The third-order valence-corrected chi connectivity index (χ3v) is 4.65. The number of benzene rings is 2. The fraction of sp³-hybridized carbons (Fsp3) is 0.300. The van der Waals surface area contributed by atoms with Gasteiger partial charge in [-0.3, -0.25) is 9.59 Å². The van der Waals surface area contributed by atoms with Crippen LogP contribution in [0.5, 0.6) is 0 Å². The van der Waals surface area contributed by atoms with Crippen LogP contribution in [-0.2, 0) is 9.59 Å². The first kappa shape index (κ1) is 17.0. The van der Waals surface area contributed by atoms with Gasteiger partial charge in [0, 0.05) is 37.6 Å². The predicted molar refractivity (Wildman–Crippen MR) is 99.8 cm³/mol. The molecule has 0 radical (unpaired) electrons. The van der Waals surface area contributed by atoms with Gasteiger partial charge in [-0.2, -0.15) is 0 Å². The van der Waals surface area contributed by atoms with Crippen LogP contribution in [0.3, 0.4) is 0 Å². The average Bonchev–Trinajstić information content (AvgIpc) is 2.65. The summed E-state index contributed by atoms with van der Waals surface area (Å²) in [5, 5.41) is 2.71. The predicted octanol–water partition coefficient (Wildman–Crippen LogP) is 2.59. The van der Waals surface area contributed by atoms with Crippen molar-refractivity contribution in [1.29, 1.82) is 0 Å². The number of anilines is 2. The molecule has 0 saturated carbocycles. The lowest BCUT2D eigenvalue weighted by molar-refractivity contribution is -0.143. The Balaban J connectivity index is 1.56. The molecule has 5 nitrogen and oxygen atoms in total. The summed E-state index contributed by atoms with van der Waals surface area (Å²) >= 11 is 0. The lowest BCUT2D eigenvalue weighted by Gasteiger charge is -2.35. The van der Waals surface area contributed by atoms with Gasteiger partial charge < -0.3 is 15.1 Å². The van der Waals surface area contributed by atoms with Crippen molar-refractivity contribution in [3.63, 3.8) is 0 Å². The van der Waals surface area contributed by atoms with Crippen LogP contribution in [0.15, 0.2) is 48.5 Å². The molecule has 2 aromatic rings. The summed E-state index contributed by atoms with van der Waals surface area (Å²) in [4.78, 5) is 28.5. The first-order valence-corrected chi connectivity index (χ1v) is 8.52. The number of hydrogen-bond acceptors (Lipinski definition) is 3. The number of hydrogen-bond donors (Lipinski definition) is 1. The molecule has 1 aliphatic rings. The van der Waals surface area contributed by atoms with Gasteiger partial charge in [0.25, 0.3) is 0 Å². The molecule has 0 aliphatic carbocycles. The van der Waals surface area contributed by atoms with Crippen LogP contribution in [0.2, 0.25) is 0 Å². The maximum atomic E-state index is 12.4. The van der Waals surface area contributed by atoms with Gasteiger partial charge in [0.1, 0.15) is 0 Å². The molecule has 1 heterocycles. The highest BCUT2D eigenvalue weighted by Gasteiger charge is 2.26. The lowest BCUT2D eigenvalue weighted by Crippen LogP contribution is -2.51. The number of nitrogens with zero attached hydrogens (tertiary/aromatic N) is 2. The molecule has 0 atom stereocenters. The topological polar surface area (TPSA) is 52.7 Å². The Morgan fingerprint density at radius 1 is 0.880 bits per heavy atom. The van der Waals surface area contributed by atoms with E-state index in [0.29, 0.717) is 18.8 Å². The number of carbonyl (C=O) groups excluding carboxylic acids is 2. The summed E-state index contributed by atoms with van der Waals surface area (Å²) in [5.41, 5.74) is 4.04. The van der Waals surface area contributed by atoms with Crippen molar-refractivity contribution in [3.8, 4) is 0 Å². The van der Waals surface area contributed by atoms with Crippen LogP contribution in [-0.4, -0.2) is 42.9 Å². The van der Waals surface area contributed by atoms with Gasteiger partial charge in [0.05, 0.1) is 0 Å². The van der Waals surface area contributed by atoms with Crippen LogP contribution in [0.1, 0.15) is 11.1 Å². The van der Waals surface area contributed by atoms with Crippen LogP contribution in [0.4, 0.5) is 11.4 Å². The normalized spacial score (nSPS) is 14.3. The van der Waals surface area contributed by atoms with Gasteiger partial charge in [-0.25, -0.2) is 0 Å². The number of amides is 2. The largest absolute Gasteiger partial charge is 0.368 e. The Bertz CT molecular complexity index is 766. The van der Waals surface area contributed by atoms with Crippen molar-refractivity contribution in [2.75, 3.05) is 36.4 Å². The molecule has 2 amide bonds. The molecular weight excluding hydrogens is 314 g/mol. The summed E-state index contributed by atoms with van der Waals surface area (Å²) in [6, 6.07) is 15.8. The average molecular weight is 337 g/mol. The summed E-state index contributed by atoms with van der Waals surface area (Å²) in [6.07, 6.45) is 0. The second kappa shape index (κ2) is 7.38. The van der Waals surface area contributed by atoms with E-state index < -0.39 is 11.8 Å². The zero-order valence-electron chi connectivity index (χ0n) is 14.7. The lowest BCUT2D eigenvalue weighted by atomic mass is 10.1. The highest BCUT2D eigenvalue weighted by molar-refractivity contribution is 6.39. The second-order valence-corrected chi connectivity index (χ2v) is 6.37. The van der Waals surface area contributed by atoms with Crippen molar-refractivity contribution in [2.24, 2.45) is 0 Å². The smallest absolute Gasteiger partial charge is 0.313 e. The first-order valence-electron chi connectivity index (χ1n) is 8.52. The molecule has 1 N–H and O–H groups in total. The monoisotopic (exact) mass is 337 g/mol. The fourth-order valence-corrected chi connectivity index (χ4v) is 2.95. The summed E-state index contributed by atoms with van der Waals surface area (Å²) in [5.74, 6) is -1.04. The molecule has 0 spiro atoms. The molecule has 25 heavy (non-hydrogen) atoms. The van der Waals surface area contributed by atoms with Crippen LogP contribution in [0.25, 0.3) is 0 Å². The minimum absolute atomic E-state index is 0.467. The second-order valence-electron chi connectivity index (χ2n) is 6.37. The number of carbonyl (C=O) groups is 2. The van der Waals surface area contributed by atoms with Gasteiger partial charge in [0.2, 0.25) is 0 Å². The maximum absolute atomic E-state index is 12.4. The Hall–Kier alpha value is -2.82. The van der Waals surface area contributed by atoms with Crippen molar-refractivity contribution < 1.29 is 9.59 Å². The zero-order valence-corrected chi connectivity index (χ0v) is 14.7. The van der Waals surface area contributed by atoms with Crippen molar-refractivity contribution >= 4 is 23.2 Å². The molecule has 2 aromatic carbocycles. The molecule has 5 heteroatoms. The van der Waals surface area contributed by atoms with E-state index in [0.717, 1.165) is 29.9 Å². The Morgan fingerprint density at radius 3 is 2.20 bits per heavy atom. The van der Waals surface area contributed by atoms with E-state index in [9.17, 15) is 9.59 Å². The number of rotatable bonds is 2. The van der Waals surface area contributed by atoms with E-state index in [4.69, 9.17) is 0 Å². The molecule has 0 unspecified atom stereocenters. The molecule has 130 valence electrons. The minimum Gasteiger partial charge on any atom is -0.368 e. The van der Waals surface area contributed by atoms with Crippen LogP contribution in [0, 0.1) is 13.8 Å². The Labute approximate surface area is 148 Å². The zero-order chi connectivity index (χ0) is 17.8. The van der Waals surface area contributed by atoms with Gasteiger partial charge in [0.15, 0.2) is 0 Å². The molecule has 1 aliphatic heterocycles. The van der Waals surface area contributed by atoms with E-state index >= 15 is 0 Å². The maximum Gasteiger partial charge on any atom is 0.313 e. The van der Waals surface area contributed by atoms with Gasteiger partial charge in [-0.05, 0) is 49.2 Å². The van der Waals surface area contributed by atoms with Gasteiger partial charge in [-0.15, -0.1) is 0 Å². The van der Waals surface area contributed by atoms with Crippen molar-refractivity contribution in [1.82, 2.24) is 4.90 Å². The van der Waals surface area contributed by atoms with E-state index in [-0.39, 0.29) is 0 Å². The van der Waals surface area contributed by atoms with Crippen molar-refractivity contribution in [2.45, 2.75) is 13.8 Å². The SMILES string of the molecule is Cc1ccc(NC(=O)C(=O)N2CCN(c3ccccc3)CC2)cc1C. The summed E-state index contributed by atoms with van der Waals surface area (Å²) < 4.78 is 0. The molecular formula is C20H23N3O2. The van der Waals surface area contributed by atoms with E-state index in [1.807, 2.05) is 50.2 Å². The minimum atomic E-state index is -0.573. The molecule has 0 aromatic heterocycles. The Morgan fingerprint density at radius 2 is 1.56 bits per heavy atom. The molecule has 1 saturated heterocycles. The van der Waals surface area contributed by atoms with Gasteiger partial charge in [-0.1, -0.05) is 24.3 Å². The van der Waals surface area contributed by atoms with E-state index in [1.165, 1.54) is 0 Å². The number of para-hydroxylation sites is 1. The number of piperazine rings is 1. The highest BCUT2D eigenvalue weighted by atomic mass is 16.2. The quantitative estimate of drug-likeness (QED) is 0.857. The third-order valence-electron chi connectivity index (χ3n) is 4.65. The summed E-state index contributed by atoms with van der Waals surface area (Å²) in [6.45, 7) is 6.55. The third kappa shape index (κ3) is 3.99. The summed E-state index contributed by atoms with van der Waals surface area (Å²) in [7, 11) is 0. The van der Waals surface area contributed by atoms with E-state index in [1.54, 1.807) is 4.90 Å². The van der Waals surface area contributed by atoms with E-state index in [2.05, 4.69) is 22.3 Å². The highest BCUT2D eigenvalue weighted by Crippen LogP contribution is 2.17. The van der Waals surface area contributed by atoms with Crippen LogP contribution < -0.4 is 10.2 Å². The first-order chi connectivity index (χ1) is 12.0. The van der Waals surface area contributed by atoms with Gasteiger partial charge >= 0.3 is 11.8 Å². The van der Waals surface area contributed by atoms with Crippen molar-refractivity contribution in [3.05, 3.63) is 59.7 Å². The molecule has 3 rings (SSSR count). The number of nitrogens with one attached hydrogen (secondary N) is 1. The number of aryl methyl sites for hydroxylation is 2. The molecule has 0 bridgehead atoms. The Kier molecular flexibility index (Phi) is 5.03. The fourth-order valence-electron chi connectivity index (χ4n) is 2.95. The molecule has 1 fully saturated rings. The van der Waals surface area contributed by atoms with Crippen LogP contribution >= 0.6 is 0 Å². The standard InChI is InChI=1S/C20H23N3O2/c1-15-8-9-17(14-16(15)2)21-19(24)20(25)23-12-10-22(11-13-23)18-6-4-3-5-7-18/h3-9,14H,10-13H2,1-2H3,(H,21,24).